The highest BCUT2D eigenvalue weighted by Gasteiger charge is 2.49. The molecule has 3 N–H and O–H groups in total. The van der Waals surface area contributed by atoms with Crippen LogP contribution in [0.1, 0.15) is 40.5 Å². The highest BCUT2D eigenvalue weighted by Crippen LogP contribution is 2.33. The van der Waals surface area contributed by atoms with Gasteiger partial charge >= 0.3 is 14.8 Å². The molecule has 0 aromatic rings. The Morgan fingerprint density at radius 2 is 1.67 bits per heavy atom. The van der Waals surface area contributed by atoms with Gasteiger partial charge in [-0.3, -0.25) is 0 Å². The van der Waals surface area contributed by atoms with E-state index in [4.69, 9.17) is 23.7 Å². The Balaban J connectivity index is 5.04. The summed E-state index contributed by atoms with van der Waals surface area (Å²) in [5.74, 6) is -0.521. The van der Waals surface area contributed by atoms with Crippen molar-refractivity contribution in [3.8, 4) is 0 Å². The predicted molar refractivity (Wildman–Crippen MR) is 94.5 cm³/mol. The summed E-state index contributed by atoms with van der Waals surface area (Å²) >= 11 is 0. The Morgan fingerprint density at radius 1 is 1.17 bits per heavy atom. The number of aliphatic hydroxyl groups excluding tert-OH is 1. The first-order valence-corrected chi connectivity index (χ1v) is 10.3. The van der Waals surface area contributed by atoms with Gasteiger partial charge in [0, 0.05) is 30.9 Å². The van der Waals surface area contributed by atoms with E-state index < -0.39 is 20.9 Å². The Morgan fingerprint density at radius 3 is 2.04 bits per heavy atom. The highest BCUT2D eigenvalue weighted by molar-refractivity contribution is 6.62. The van der Waals surface area contributed by atoms with E-state index in [0.29, 0.717) is 44.8 Å². The summed E-state index contributed by atoms with van der Waals surface area (Å²) in [7, 11) is -2.98. The zero-order chi connectivity index (χ0) is 18.6. The molecule has 0 rings (SSSR count). The van der Waals surface area contributed by atoms with Crippen molar-refractivity contribution in [2.24, 2.45) is 5.73 Å². The molecule has 7 nitrogen and oxygen atoms in total. The molecular formula is C16H33NO6Si. The second kappa shape index (κ2) is 12.6. The summed E-state index contributed by atoms with van der Waals surface area (Å²) in [6.07, 6.45) is 0.0722. The molecule has 2 unspecified atom stereocenters. The molecule has 142 valence electrons. The van der Waals surface area contributed by atoms with Crippen molar-refractivity contribution in [3.63, 3.8) is 0 Å². The topological polar surface area (TPSA) is 100 Å². The van der Waals surface area contributed by atoms with Crippen LogP contribution in [-0.4, -0.2) is 59.0 Å². The quantitative estimate of drug-likeness (QED) is 0.275. The maximum absolute atomic E-state index is 11.4. The fourth-order valence-corrected chi connectivity index (χ4v) is 5.66. The Bertz CT molecular complexity index is 363. The molecule has 0 bridgehead atoms. The van der Waals surface area contributed by atoms with Crippen LogP contribution in [0.3, 0.4) is 0 Å². The number of ether oxygens (including phenoxy) is 1. The van der Waals surface area contributed by atoms with Crippen molar-refractivity contribution in [1.82, 2.24) is 0 Å². The van der Waals surface area contributed by atoms with Crippen molar-refractivity contribution < 1.29 is 27.9 Å². The van der Waals surface area contributed by atoms with E-state index in [0.717, 1.165) is 0 Å². The van der Waals surface area contributed by atoms with Crippen LogP contribution in [0, 0.1) is 0 Å². The molecule has 24 heavy (non-hydrogen) atoms. The highest BCUT2D eigenvalue weighted by atomic mass is 28.4. The van der Waals surface area contributed by atoms with Crippen LogP contribution in [0.2, 0.25) is 5.54 Å². The van der Waals surface area contributed by atoms with Crippen molar-refractivity contribution in [1.29, 1.82) is 0 Å². The Hall–Kier alpha value is -0.773. The van der Waals surface area contributed by atoms with E-state index in [2.05, 4.69) is 6.58 Å². The normalized spacial score (nSPS) is 14.2. The summed E-state index contributed by atoms with van der Waals surface area (Å²) < 4.78 is 22.7. The molecule has 0 aromatic carbocycles. The first-order chi connectivity index (χ1) is 11.4. The molecular weight excluding hydrogens is 330 g/mol. The van der Waals surface area contributed by atoms with Crippen LogP contribution in [-0.2, 0) is 22.8 Å². The molecule has 0 amide bonds. The van der Waals surface area contributed by atoms with Gasteiger partial charge in [-0.1, -0.05) is 6.58 Å². The molecule has 2 atom stereocenters. The lowest BCUT2D eigenvalue weighted by Crippen LogP contribution is -2.52. The third-order valence-corrected chi connectivity index (χ3v) is 6.96. The van der Waals surface area contributed by atoms with Crippen molar-refractivity contribution in [3.05, 3.63) is 12.2 Å². The average molecular weight is 364 g/mol. The monoisotopic (exact) mass is 363 g/mol. The van der Waals surface area contributed by atoms with E-state index in [1.165, 1.54) is 0 Å². The molecule has 8 heteroatoms. The van der Waals surface area contributed by atoms with E-state index in [-0.39, 0.29) is 12.1 Å². The zero-order valence-corrected chi connectivity index (χ0v) is 16.4. The van der Waals surface area contributed by atoms with Crippen molar-refractivity contribution in [2.45, 2.75) is 52.2 Å². The lowest BCUT2D eigenvalue weighted by atomic mass is 10.1. The van der Waals surface area contributed by atoms with Crippen LogP contribution >= 0.6 is 0 Å². The van der Waals surface area contributed by atoms with Gasteiger partial charge in [0.05, 0.1) is 6.10 Å². The number of hydrogen-bond donors (Lipinski definition) is 2. The number of rotatable bonds is 14. The number of nitrogens with two attached hydrogens (primary N) is 1. The first kappa shape index (κ1) is 23.2. The molecule has 0 fully saturated rings. The fraction of sp³-hybridized carbons (Fsp3) is 0.812. The smallest absolute Gasteiger partial charge is 0.460 e. The van der Waals surface area contributed by atoms with E-state index in [1.54, 1.807) is 6.92 Å². The molecule has 0 spiro atoms. The van der Waals surface area contributed by atoms with Crippen LogP contribution in [0.5, 0.6) is 0 Å². The third kappa shape index (κ3) is 7.87. The van der Waals surface area contributed by atoms with Crippen LogP contribution < -0.4 is 5.73 Å². The molecule has 0 radical (unpaired) electrons. The number of carbonyl (C=O) groups excluding carboxylic acids is 1. The van der Waals surface area contributed by atoms with Crippen molar-refractivity contribution >= 4 is 14.8 Å². The second-order valence-corrected chi connectivity index (χ2v) is 8.33. The van der Waals surface area contributed by atoms with Gasteiger partial charge in [-0.15, -0.1) is 0 Å². The molecule has 0 aliphatic carbocycles. The van der Waals surface area contributed by atoms with Crippen LogP contribution in [0.4, 0.5) is 0 Å². The van der Waals surface area contributed by atoms with Crippen LogP contribution in [0.25, 0.3) is 0 Å². The van der Waals surface area contributed by atoms with Gasteiger partial charge in [0.2, 0.25) is 0 Å². The van der Waals surface area contributed by atoms with E-state index in [9.17, 15) is 9.90 Å². The maximum Gasteiger partial charge on any atom is 0.504 e. The molecule has 0 aromatic heterocycles. The fourth-order valence-electron chi connectivity index (χ4n) is 2.41. The Kier molecular flexibility index (Phi) is 12.2. The SMILES string of the molecule is C=C(C)C(=O)OCC(O)CC(CCN)[Si](OCC)(OCC)OCC. The minimum Gasteiger partial charge on any atom is -0.460 e. The van der Waals surface area contributed by atoms with E-state index >= 15 is 0 Å². The van der Waals surface area contributed by atoms with Gasteiger partial charge in [-0.05, 0) is 47.1 Å². The van der Waals surface area contributed by atoms with Crippen LogP contribution in [0.15, 0.2) is 12.2 Å². The Labute approximate surface area is 146 Å². The summed E-state index contributed by atoms with van der Waals surface area (Å²) in [5, 5.41) is 10.3. The van der Waals surface area contributed by atoms with Gasteiger partial charge < -0.3 is 28.9 Å². The lowest BCUT2D eigenvalue weighted by Gasteiger charge is -2.36. The lowest BCUT2D eigenvalue weighted by molar-refractivity contribution is -0.142. The third-order valence-electron chi connectivity index (χ3n) is 3.36. The molecule has 0 aliphatic heterocycles. The first-order valence-electron chi connectivity index (χ1n) is 8.49. The molecule has 0 saturated heterocycles. The van der Waals surface area contributed by atoms with Gasteiger partial charge in [0.25, 0.3) is 0 Å². The van der Waals surface area contributed by atoms with Gasteiger partial charge in [0.15, 0.2) is 0 Å². The number of carbonyl (C=O) groups is 1. The minimum absolute atomic E-state index is 0.110. The summed E-state index contributed by atoms with van der Waals surface area (Å²) in [6.45, 7) is 12.4. The molecule has 0 saturated carbocycles. The number of aliphatic hydroxyl groups is 1. The summed E-state index contributed by atoms with van der Waals surface area (Å²) in [6, 6.07) is 0. The maximum atomic E-state index is 11.4. The number of hydrogen-bond acceptors (Lipinski definition) is 7. The standard InChI is InChI=1S/C16H33NO6Si/c1-6-21-24(22-7-2,23-8-3)15(9-10-17)11-14(18)12-20-16(19)13(4)5/h14-15,18H,4,6-12,17H2,1-3,5H3. The predicted octanol–water partition coefficient (Wildman–Crippen LogP) is 1.62. The minimum atomic E-state index is -2.98. The van der Waals surface area contributed by atoms with Gasteiger partial charge in [-0.25, -0.2) is 4.79 Å². The van der Waals surface area contributed by atoms with Crippen molar-refractivity contribution in [2.75, 3.05) is 33.0 Å². The zero-order valence-electron chi connectivity index (χ0n) is 15.4. The largest absolute Gasteiger partial charge is 0.504 e. The molecule has 0 heterocycles. The van der Waals surface area contributed by atoms with E-state index in [1.807, 2.05) is 20.8 Å². The second-order valence-electron chi connectivity index (χ2n) is 5.45. The van der Waals surface area contributed by atoms with Gasteiger partial charge in [0.1, 0.15) is 6.61 Å². The summed E-state index contributed by atoms with van der Waals surface area (Å²) in [4.78, 5) is 11.4. The van der Waals surface area contributed by atoms with Gasteiger partial charge in [-0.2, -0.15) is 0 Å². The molecule has 0 aliphatic rings. The average Bonchev–Trinajstić information content (AvgIpc) is 2.52. The summed E-state index contributed by atoms with van der Waals surface area (Å²) in [5.41, 5.74) is 5.86. The number of esters is 1.